The summed E-state index contributed by atoms with van der Waals surface area (Å²) in [6, 6.07) is 0. The topological polar surface area (TPSA) is 31.0 Å². The van der Waals surface area contributed by atoms with Gasteiger partial charge in [0.1, 0.15) is 6.10 Å². The van der Waals surface area contributed by atoms with Crippen LogP contribution in [0.3, 0.4) is 0 Å². The van der Waals surface area contributed by atoms with Crippen molar-refractivity contribution < 1.29 is 14.2 Å². The van der Waals surface area contributed by atoms with E-state index in [-0.39, 0.29) is 12.4 Å². The zero-order valence-electron chi connectivity index (χ0n) is 6.24. The smallest absolute Gasteiger partial charge is 0.160 e. The van der Waals surface area contributed by atoms with E-state index in [1.807, 2.05) is 6.92 Å². The molecule has 2 aliphatic heterocycles. The van der Waals surface area contributed by atoms with Crippen LogP contribution in [0.25, 0.3) is 0 Å². The Morgan fingerprint density at radius 1 is 1.40 bits per heavy atom. The molecule has 0 bridgehead atoms. The minimum absolute atomic E-state index is 0.0428. The molecule has 0 aromatic heterocycles. The van der Waals surface area contributed by atoms with Crippen LogP contribution in [0.5, 0.6) is 0 Å². The summed E-state index contributed by atoms with van der Waals surface area (Å²) in [4.78, 5) is 0. The first-order chi connectivity index (χ1) is 4.81. The van der Waals surface area contributed by atoms with Gasteiger partial charge in [-0.15, -0.1) is 0 Å². The first kappa shape index (κ1) is 6.58. The van der Waals surface area contributed by atoms with Crippen LogP contribution in [0.15, 0.2) is 0 Å². The van der Waals surface area contributed by atoms with Gasteiger partial charge in [0.15, 0.2) is 6.29 Å². The lowest BCUT2D eigenvalue weighted by molar-refractivity contribution is -0.165. The molecular formula is C7H12O3. The van der Waals surface area contributed by atoms with Gasteiger partial charge in [-0.1, -0.05) is 0 Å². The van der Waals surface area contributed by atoms with Crippen molar-refractivity contribution in [2.75, 3.05) is 7.11 Å². The molecule has 0 saturated carbocycles. The summed E-state index contributed by atoms with van der Waals surface area (Å²) in [5, 5.41) is 0. The summed E-state index contributed by atoms with van der Waals surface area (Å²) in [5.74, 6) is 0. The van der Waals surface area contributed by atoms with Crippen LogP contribution >= 0.6 is 0 Å². The van der Waals surface area contributed by atoms with Crippen molar-refractivity contribution in [3.63, 3.8) is 0 Å². The Bertz CT molecular complexity index is 137. The Kier molecular flexibility index (Phi) is 1.44. The minimum atomic E-state index is -0.0428. The maximum Gasteiger partial charge on any atom is 0.160 e. The second-order valence-electron chi connectivity index (χ2n) is 2.88. The van der Waals surface area contributed by atoms with Crippen molar-refractivity contribution in [2.45, 2.75) is 37.9 Å². The summed E-state index contributed by atoms with van der Waals surface area (Å²) in [7, 11) is 1.67. The predicted molar refractivity (Wildman–Crippen MR) is 34.6 cm³/mol. The molecule has 0 unspecified atom stereocenters. The highest BCUT2D eigenvalue weighted by Gasteiger charge is 2.49. The van der Waals surface area contributed by atoms with Gasteiger partial charge in [-0.25, -0.2) is 0 Å². The van der Waals surface area contributed by atoms with E-state index < -0.39 is 0 Å². The second-order valence-corrected chi connectivity index (χ2v) is 2.88. The van der Waals surface area contributed by atoms with Crippen LogP contribution in [-0.4, -0.2) is 31.7 Å². The Morgan fingerprint density at radius 2 is 2.20 bits per heavy atom. The van der Waals surface area contributed by atoms with Crippen molar-refractivity contribution in [3.8, 4) is 0 Å². The normalized spacial score (nSPS) is 52.2. The number of hydrogen-bond donors (Lipinski definition) is 0. The Labute approximate surface area is 60.3 Å². The largest absolute Gasteiger partial charge is 0.367 e. The molecule has 0 spiro atoms. The first-order valence-corrected chi connectivity index (χ1v) is 3.65. The maximum atomic E-state index is 5.44. The van der Waals surface area contributed by atoms with E-state index in [0.29, 0.717) is 12.2 Å². The van der Waals surface area contributed by atoms with Gasteiger partial charge in [0.05, 0.1) is 12.2 Å². The maximum absolute atomic E-state index is 5.44. The van der Waals surface area contributed by atoms with Crippen LogP contribution in [0.1, 0.15) is 13.3 Å². The highest BCUT2D eigenvalue weighted by molar-refractivity contribution is 4.93. The fraction of sp³-hybridized carbons (Fsp3) is 1.00. The fourth-order valence-corrected chi connectivity index (χ4v) is 1.47. The van der Waals surface area contributed by atoms with Crippen LogP contribution in [0, 0.1) is 0 Å². The number of ether oxygens (including phenoxy) is 3. The van der Waals surface area contributed by atoms with Crippen molar-refractivity contribution in [1.29, 1.82) is 0 Å². The van der Waals surface area contributed by atoms with E-state index in [1.54, 1.807) is 7.11 Å². The number of methoxy groups -OCH3 is 1. The van der Waals surface area contributed by atoms with Crippen LogP contribution in [-0.2, 0) is 14.2 Å². The number of fused-ring (bicyclic) bond motifs is 1. The number of epoxide rings is 1. The Balaban J connectivity index is 1.93. The molecule has 0 aromatic carbocycles. The molecule has 2 fully saturated rings. The lowest BCUT2D eigenvalue weighted by atomic mass is 10.1. The fourth-order valence-electron chi connectivity index (χ4n) is 1.47. The molecule has 10 heavy (non-hydrogen) atoms. The molecule has 0 aromatic rings. The lowest BCUT2D eigenvalue weighted by Crippen LogP contribution is -2.32. The lowest BCUT2D eigenvalue weighted by Gasteiger charge is -2.22. The third-order valence-corrected chi connectivity index (χ3v) is 2.14. The van der Waals surface area contributed by atoms with Crippen molar-refractivity contribution in [2.24, 2.45) is 0 Å². The predicted octanol–water partition coefficient (Wildman–Crippen LogP) is 0.535. The van der Waals surface area contributed by atoms with Crippen LogP contribution < -0.4 is 0 Å². The molecule has 58 valence electrons. The summed E-state index contributed by atoms with van der Waals surface area (Å²) in [6.07, 6.45) is 1.83. The van der Waals surface area contributed by atoms with E-state index in [2.05, 4.69) is 0 Å². The Hall–Kier alpha value is -0.120. The number of rotatable bonds is 1. The number of hydrogen-bond acceptors (Lipinski definition) is 3. The minimum Gasteiger partial charge on any atom is -0.367 e. The molecular weight excluding hydrogens is 132 g/mol. The molecule has 2 aliphatic rings. The molecule has 3 nitrogen and oxygen atoms in total. The van der Waals surface area contributed by atoms with Gasteiger partial charge in [-0.05, 0) is 6.92 Å². The average Bonchev–Trinajstić information content (AvgIpc) is 2.66. The first-order valence-electron chi connectivity index (χ1n) is 3.65. The second kappa shape index (κ2) is 2.19. The van der Waals surface area contributed by atoms with E-state index in [9.17, 15) is 0 Å². The molecule has 0 radical (unpaired) electrons. The van der Waals surface area contributed by atoms with Gasteiger partial charge in [0.2, 0.25) is 0 Å². The summed E-state index contributed by atoms with van der Waals surface area (Å²) >= 11 is 0. The van der Waals surface area contributed by atoms with Gasteiger partial charge in [0, 0.05) is 13.5 Å². The van der Waals surface area contributed by atoms with E-state index in [1.165, 1.54) is 0 Å². The SMILES string of the molecule is CO[C@H]1C[C@@H]2O[C@@H]2[C@H](C)O1. The molecule has 2 heterocycles. The summed E-state index contributed by atoms with van der Waals surface area (Å²) < 4.78 is 15.8. The average molecular weight is 144 g/mol. The highest BCUT2D eigenvalue weighted by Crippen LogP contribution is 2.36. The molecule has 0 aliphatic carbocycles. The molecule has 0 N–H and O–H groups in total. The van der Waals surface area contributed by atoms with Gasteiger partial charge in [-0.3, -0.25) is 0 Å². The molecule has 0 amide bonds. The zero-order valence-corrected chi connectivity index (χ0v) is 6.24. The Morgan fingerprint density at radius 3 is 2.80 bits per heavy atom. The van der Waals surface area contributed by atoms with E-state index in [0.717, 1.165) is 6.42 Å². The van der Waals surface area contributed by atoms with Gasteiger partial charge < -0.3 is 14.2 Å². The van der Waals surface area contributed by atoms with Crippen molar-refractivity contribution >= 4 is 0 Å². The zero-order chi connectivity index (χ0) is 7.14. The summed E-state index contributed by atoms with van der Waals surface area (Å²) in [5.41, 5.74) is 0. The van der Waals surface area contributed by atoms with E-state index >= 15 is 0 Å². The molecule has 2 saturated heterocycles. The van der Waals surface area contributed by atoms with Crippen molar-refractivity contribution in [3.05, 3.63) is 0 Å². The molecule has 3 heteroatoms. The van der Waals surface area contributed by atoms with Crippen LogP contribution in [0.2, 0.25) is 0 Å². The van der Waals surface area contributed by atoms with E-state index in [4.69, 9.17) is 14.2 Å². The standard InChI is InChI=1S/C7H12O3/c1-4-7-5(10-7)3-6(8-2)9-4/h4-7H,3H2,1-2H3/t4-,5-,6+,7+/m0/s1. The molecule has 4 atom stereocenters. The molecule has 2 rings (SSSR count). The third-order valence-electron chi connectivity index (χ3n) is 2.14. The third kappa shape index (κ3) is 0.944. The monoisotopic (exact) mass is 144 g/mol. The quantitative estimate of drug-likeness (QED) is 0.503. The van der Waals surface area contributed by atoms with Gasteiger partial charge in [-0.2, -0.15) is 0 Å². The van der Waals surface area contributed by atoms with Gasteiger partial charge >= 0.3 is 0 Å². The highest BCUT2D eigenvalue weighted by atomic mass is 16.7. The van der Waals surface area contributed by atoms with Crippen molar-refractivity contribution in [1.82, 2.24) is 0 Å². The summed E-state index contributed by atoms with van der Waals surface area (Å²) in [6.45, 7) is 2.02. The van der Waals surface area contributed by atoms with Crippen LogP contribution in [0.4, 0.5) is 0 Å². The van der Waals surface area contributed by atoms with Gasteiger partial charge in [0.25, 0.3) is 0 Å².